The van der Waals surface area contributed by atoms with E-state index in [0.29, 0.717) is 12.8 Å². The third-order valence-electron chi connectivity index (χ3n) is 2.72. The van der Waals surface area contributed by atoms with E-state index in [-0.39, 0.29) is 6.10 Å². The highest BCUT2D eigenvalue weighted by Crippen LogP contribution is 2.38. The van der Waals surface area contributed by atoms with Gasteiger partial charge in [-0.05, 0) is 14.1 Å². The molecule has 0 radical (unpaired) electrons. The van der Waals surface area contributed by atoms with Gasteiger partial charge in [-0.15, -0.1) is 0 Å². The number of methoxy groups -OCH3 is 1. The highest BCUT2D eigenvalue weighted by molar-refractivity contribution is 5.80. The fraction of sp³-hybridized carbons (Fsp3) is 0.875. The smallest absolute Gasteiger partial charge is 0.324 e. The van der Waals surface area contributed by atoms with Crippen molar-refractivity contribution in [2.24, 2.45) is 0 Å². The lowest BCUT2D eigenvalue weighted by Crippen LogP contribution is -2.62. The number of carbonyl (C=O) groups is 1. The van der Waals surface area contributed by atoms with Gasteiger partial charge >= 0.3 is 5.97 Å². The summed E-state index contributed by atoms with van der Waals surface area (Å²) in [7, 11) is 5.20. The molecule has 0 heterocycles. The van der Waals surface area contributed by atoms with Crippen LogP contribution in [0.2, 0.25) is 0 Å². The van der Waals surface area contributed by atoms with E-state index < -0.39 is 11.5 Å². The molecule has 1 N–H and O–H groups in total. The number of nitrogens with zero attached hydrogens (tertiary/aromatic N) is 1. The molecule has 70 valence electrons. The number of likely N-dealkylation sites (N-methyl/N-ethyl adjacent to an activating group) is 1. The van der Waals surface area contributed by atoms with Crippen molar-refractivity contribution >= 4 is 5.97 Å². The molecule has 0 saturated heterocycles. The van der Waals surface area contributed by atoms with E-state index in [2.05, 4.69) is 0 Å². The first-order valence-corrected chi connectivity index (χ1v) is 3.96. The second kappa shape index (κ2) is 3.03. The number of aliphatic carboxylic acids is 1. The second-order valence-electron chi connectivity index (χ2n) is 3.50. The van der Waals surface area contributed by atoms with Crippen molar-refractivity contribution in [3.8, 4) is 0 Å². The molecule has 0 atom stereocenters. The van der Waals surface area contributed by atoms with Crippen LogP contribution >= 0.6 is 0 Å². The van der Waals surface area contributed by atoms with Gasteiger partial charge in [-0.3, -0.25) is 9.69 Å². The third kappa shape index (κ3) is 1.21. The van der Waals surface area contributed by atoms with Crippen molar-refractivity contribution in [1.82, 2.24) is 4.90 Å². The zero-order valence-corrected chi connectivity index (χ0v) is 7.70. The summed E-state index contributed by atoms with van der Waals surface area (Å²) < 4.78 is 5.05. The van der Waals surface area contributed by atoms with E-state index in [1.54, 1.807) is 26.1 Å². The Hall–Kier alpha value is -0.610. The average Bonchev–Trinajstić information content (AvgIpc) is 1.83. The predicted molar refractivity (Wildman–Crippen MR) is 44.1 cm³/mol. The molecule has 1 aliphatic carbocycles. The Balaban J connectivity index is 2.62. The van der Waals surface area contributed by atoms with Gasteiger partial charge in [-0.25, -0.2) is 0 Å². The molecular weight excluding hydrogens is 158 g/mol. The van der Waals surface area contributed by atoms with E-state index in [1.165, 1.54) is 0 Å². The van der Waals surface area contributed by atoms with Crippen molar-refractivity contribution < 1.29 is 14.6 Å². The summed E-state index contributed by atoms with van der Waals surface area (Å²) in [5.74, 6) is -0.749. The van der Waals surface area contributed by atoms with Gasteiger partial charge in [0.25, 0.3) is 0 Å². The molecule has 0 bridgehead atoms. The van der Waals surface area contributed by atoms with Gasteiger partial charge in [0.1, 0.15) is 5.54 Å². The van der Waals surface area contributed by atoms with Crippen molar-refractivity contribution in [3.05, 3.63) is 0 Å². The average molecular weight is 173 g/mol. The van der Waals surface area contributed by atoms with Crippen molar-refractivity contribution in [2.45, 2.75) is 24.5 Å². The molecular formula is C8H15NO3. The molecule has 1 aliphatic rings. The number of carboxylic acid groups (broad SMARTS) is 1. The Labute approximate surface area is 72.1 Å². The lowest BCUT2D eigenvalue weighted by atomic mass is 9.73. The topological polar surface area (TPSA) is 49.8 Å². The summed E-state index contributed by atoms with van der Waals surface area (Å²) in [4.78, 5) is 12.7. The first kappa shape index (κ1) is 9.48. The largest absolute Gasteiger partial charge is 0.480 e. The second-order valence-corrected chi connectivity index (χ2v) is 3.50. The van der Waals surface area contributed by atoms with Gasteiger partial charge in [0.15, 0.2) is 0 Å². The summed E-state index contributed by atoms with van der Waals surface area (Å²) in [6.07, 6.45) is 1.29. The van der Waals surface area contributed by atoms with Crippen molar-refractivity contribution in [3.63, 3.8) is 0 Å². The van der Waals surface area contributed by atoms with E-state index in [4.69, 9.17) is 9.84 Å². The molecule has 1 rings (SSSR count). The number of rotatable bonds is 3. The molecule has 0 aromatic heterocycles. The Morgan fingerprint density at radius 3 is 2.33 bits per heavy atom. The van der Waals surface area contributed by atoms with Gasteiger partial charge in [0, 0.05) is 20.0 Å². The number of hydrogen-bond donors (Lipinski definition) is 1. The van der Waals surface area contributed by atoms with Crippen LogP contribution in [-0.4, -0.2) is 48.8 Å². The van der Waals surface area contributed by atoms with E-state index in [1.807, 2.05) is 0 Å². The lowest BCUT2D eigenvalue weighted by Gasteiger charge is -2.47. The SMILES string of the molecule is COC1CC(C(=O)O)(N(C)C)C1. The van der Waals surface area contributed by atoms with Crippen LogP contribution in [0.4, 0.5) is 0 Å². The quantitative estimate of drug-likeness (QED) is 0.661. The summed E-state index contributed by atoms with van der Waals surface area (Å²) in [5, 5.41) is 8.97. The van der Waals surface area contributed by atoms with Gasteiger partial charge in [-0.2, -0.15) is 0 Å². The normalized spacial score (nSPS) is 34.8. The Morgan fingerprint density at radius 2 is 2.08 bits per heavy atom. The molecule has 1 fully saturated rings. The van der Waals surface area contributed by atoms with Crippen LogP contribution in [0.5, 0.6) is 0 Å². The zero-order valence-electron chi connectivity index (χ0n) is 7.70. The monoisotopic (exact) mass is 173 g/mol. The molecule has 0 aromatic rings. The van der Waals surface area contributed by atoms with E-state index >= 15 is 0 Å². The van der Waals surface area contributed by atoms with Crippen LogP contribution in [-0.2, 0) is 9.53 Å². The molecule has 0 aliphatic heterocycles. The van der Waals surface area contributed by atoms with Crippen LogP contribution in [0.3, 0.4) is 0 Å². The van der Waals surface area contributed by atoms with Gasteiger partial charge in [-0.1, -0.05) is 0 Å². The molecule has 0 aromatic carbocycles. The molecule has 1 saturated carbocycles. The minimum atomic E-state index is -0.749. The van der Waals surface area contributed by atoms with Crippen molar-refractivity contribution in [2.75, 3.05) is 21.2 Å². The maximum atomic E-state index is 10.9. The molecule has 4 nitrogen and oxygen atoms in total. The first-order chi connectivity index (χ1) is 5.53. The van der Waals surface area contributed by atoms with Gasteiger partial charge in [0.05, 0.1) is 6.10 Å². The van der Waals surface area contributed by atoms with Gasteiger partial charge < -0.3 is 9.84 Å². The maximum Gasteiger partial charge on any atom is 0.324 e. The Kier molecular flexibility index (Phi) is 2.39. The van der Waals surface area contributed by atoms with E-state index in [9.17, 15) is 4.79 Å². The molecule has 12 heavy (non-hydrogen) atoms. The minimum absolute atomic E-state index is 0.114. The molecule has 0 amide bonds. The lowest BCUT2D eigenvalue weighted by molar-refractivity contribution is -0.166. The highest BCUT2D eigenvalue weighted by Gasteiger charge is 2.52. The summed E-state index contributed by atoms with van der Waals surface area (Å²) in [6.45, 7) is 0. The highest BCUT2D eigenvalue weighted by atomic mass is 16.5. The maximum absolute atomic E-state index is 10.9. The molecule has 4 heteroatoms. The number of hydrogen-bond acceptors (Lipinski definition) is 3. The minimum Gasteiger partial charge on any atom is -0.480 e. The van der Waals surface area contributed by atoms with Crippen LogP contribution in [0.25, 0.3) is 0 Å². The fourth-order valence-corrected chi connectivity index (χ4v) is 1.59. The molecule has 0 spiro atoms. The molecule has 0 unspecified atom stereocenters. The van der Waals surface area contributed by atoms with Crippen LogP contribution in [0, 0.1) is 0 Å². The summed E-state index contributed by atoms with van der Waals surface area (Å²) in [6, 6.07) is 0. The Bertz CT molecular complexity index is 185. The third-order valence-corrected chi connectivity index (χ3v) is 2.72. The Morgan fingerprint density at radius 1 is 1.58 bits per heavy atom. The van der Waals surface area contributed by atoms with Gasteiger partial charge in [0.2, 0.25) is 0 Å². The summed E-state index contributed by atoms with van der Waals surface area (Å²) >= 11 is 0. The number of ether oxygens (including phenoxy) is 1. The van der Waals surface area contributed by atoms with Crippen LogP contribution < -0.4 is 0 Å². The van der Waals surface area contributed by atoms with Crippen molar-refractivity contribution in [1.29, 1.82) is 0 Å². The predicted octanol–water partition coefficient (Wildman–Crippen LogP) is 0.180. The van der Waals surface area contributed by atoms with Crippen LogP contribution in [0.1, 0.15) is 12.8 Å². The summed E-state index contributed by atoms with van der Waals surface area (Å²) in [5.41, 5.74) is -0.680. The zero-order chi connectivity index (χ0) is 9.35. The van der Waals surface area contributed by atoms with E-state index in [0.717, 1.165) is 0 Å². The first-order valence-electron chi connectivity index (χ1n) is 3.96. The number of carboxylic acids is 1. The fourth-order valence-electron chi connectivity index (χ4n) is 1.59. The standard InChI is InChI=1S/C8H15NO3/c1-9(2)8(7(10)11)4-6(5-8)12-3/h6H,4-5H2,1-3H3,(H,10,11). The van der Waals surface area contributed by atoms with Crippen LogP contribution in [0.15, 0.2) is 0 Å².